The van der Waals surface area contributed by atoms with Gasteiger partial charge in [-0.05, 0) is 30.3 Å². The summed E-state index contributed by atoms with van der Waals surface area (Å²) in [5, 5.41) is 11.0. The first-order valence-corrected chi connectivity index (χ1v) is 9.65. The van der Waals surface area contributed by atoms with Crippen LogP contribution in [0.1, 0.15) is 5.56 Å². The van der Waals surface area contributed by atoms with Gasteiger partial charge < -0.3 is 11.2 Å². The third-order valence-electron chi connectivity index (χ3n) is 3.65. The number of alkyl halides is 3. The first kappa shape index (κ1) is 21.3. The Kier molecular flexibility index (Phi) is 6.25. The molecule has 0 saturated carbocycles. The highest BCUT2D eigenvalue weighted by Gasteiger charge is 2.31. The zero-order valence-electron chi connectivity index (χ0n) is 14.4. The predicted octanol–water partition coefficient (Wildman–Crippen LogP) is 4.72. The summed E-state index contributed by atoms with van der Waals surface area (Å²) in [6, 6.07) is 9.50. The quantitative estimate of drug-likeness (QED) is 0.424. The van der Waals surface area contributed by atoms with Crippen LogP contribution in [0, 0.1) is 0 Å². The van der Waals surface area contributed by atoms with Crippen LogP contribution >= 0.6 is 35.0 Å². The molecule has 152 valence electrons. The molecular formula is C17H12Cl2F3N5OS. The molecule has 0 bridgehead atoms. The number of rotatable bonds is 5. The van der Waals surface area contributed by atoms with Crippen molar-refractivity contribution >= 4 is 46.6 Å². The molecule has 1 amide bonds. The maximum Gasteiger partial charge on any atom is 0.416 e. The van der Waals surface area contributed by atoms with Crippen LogP contribution in [-0.4, -0.2) is 26.5 Å². The molecule has 0 aliphatic carbocycles. The van der Waals surface area contributed by atoms with E-state index in [1.807, 2.05) is 0 Å². The van der Waals surface area contributed by atoms with E-state index in [1.54, 1.807) is 24.3 Å². The molecule has 0 saturated heterocycles. The molecule has 3 rings (SSSR count). The van der Waals surface area contributed by atoms with Crippen molar-refractivity contribution in [1.82, 2.24) is 14.9 Å². The Hall–Kier alpha value is -2.43. The fourth-order valence-corrected chi connectivity index (χ4v) is 3.33. The van der Waals surface area contributed by atoms with Gasteiger partial charge in [-0.2, -0.15) is 13.2 Å². The number of thioether (sulfide) groups is 1. The van der Waals surface area contributed by atoms with Gasteiger partial charge in [0, 0.05) is 10.6 Å². The van der Waals surface area contributed by atoms with E-state index < -0.39 is 17.6 Å². The van der Waals surface area contributed by atoms with Crippen LogP contribution in [0.25, 0.3) is 11.4 Å². The molecule has 0 radical (unpaired) electrons. The summed E-state index contributed by atoms with van der Waals surface area (Å²) in [7, 11) is 0. The lowest BCUT2D eigenvalue weighted by Crippen LogP contribution is -2.17. The average molecular weight is 462 g/mol. The number of carbonyl (C=O) groups is 1. The molecular weight excluding hydrogens is 450 g/mol. The SMILES string of the molecule is Nn1c(SCC(=O)Nc2cc(C(F)(F)F)ccc2Cl)nnc1-c1cccc(Cl)c1. The Balaban J connectivity index is 1.68. The van der Waals surface area contributed by atoms with Crippen LogP contribution in [0.3, 0.4) is 0 Å². The van der Waals surface area contributed by atoms with Crippen molar-refractivity contribution in [1.29, 1.82) is 0 Å². The molecule has 1 aromatic heterocycles. The summed E-state index contributed by atoms with van der Waals surface area (Å²) in [5.74, 6) is 5.56. The summed E-state index contributed by atoms with van der Waals surface area (Å²) >= 11 is 12.8. The zero-order valence-corrected chi connectivity index (χ0v) is 16.7. The summed E-state index contributed by atoms with van der Waals surface area (Å²) in [5.41, 5.74) is -0.418. The van der Waals surface area contributed by atoms with E-state index in [4.69, 9.17) is 29.0 Å². The van der Waals surface area contributed by atoms with Crippen LogP contribution in [0.4, 0.5) is 18.9 Å². The highest BCUT2D eigenvalue weighted by molar-refractivity contribution is 7.99. The van der Waals surface area contributed by atoms with Gasteiger partial charge in [0.05, 0.1) is 22.0 Å². The van der Waals surface area contributed by atoms with Crippen LogP contribution in [0.5, 0.6) is 0 Å². The minimum Gasteiger partial charge on any atom is -0.335 e. The molecule has 1 heterocycles. The molecule has 0 atom stereocenters. The highest BCUT2D eigenvalue weighted by atomic mass is 35.5. The van der Waals surface area contributed by atoms with Gasteiger partial charge in [0.2, 0.25) is 11.1 Å². The summed E-state index contributed by atoms with van der Waals surface area (Å²) in [4.78, 5) is 12.1. The molecule has 3 aromatic rings. The summed E-state index contributed by atoms with van der Waals surface area (Å²) in [6.45, 7) is 0. The lowest BCUT2D eigenvalue weighted by Gasteiger charge is -2.11. The van der Waals surface area contributed by atoms with Crippen LogP contribution in [0.15, 0.2) is 47.6 Å². The van der Waals surface area contributed by atoms with Gasteiger partial charge in [-0.3, -0.25) is 4.79 Å². The number of nitrogens with one attached hydrogen (secondary N) is 1. The van der Waals surface area contributed by atoms with Crippen molar-refractivity contribution < 1.29 is 18.0 Å². The Morgan fingerprint density at radius 1 is 1.17 bits per heavy atom. The smallest absolute Gasteiger partial charge is 0.335 e. The number of nitrogens with two attached hydrogens (primary N) is 1. The second kappa shape index (κ2) is 8.52. The number of hydrogen-bond donors (Lipinski definition) is 2. The van der Waals surface area contributed by atoms with Gasteiger partial charge in [-0.15, -0.1) is 10.2 Å². The second-order valence-electron chi connectivity index (χ2n) is 5.72. The largest absolute Gasteiger partial charge is 0.416 e. The number of aromatic nitrogens is 3. The van der Waals surface area contributed by atoms with E-state index >= 15 is 0 Å². The number of nitrogens with zero attached hydrogens (tertiary/aromatic N) is 3. The first-order valence-electron chi connectivity index (χ1n) is 7.91. The van der Waals surface area contributed by atoms with Crippen molar-refractivity contribution in [2.45, 2.75) is 11.3 Å². The topological polar surface area (TPSA) is 85.8 Å². The maximum absolute atomic E-state index is 12.8. The molecule has 6 nitrogen and oxygen atoms in total. The molecule has 12 heteroatoms. The monoisotopic (exact) mass is 461 g/mol. The van der Waals surface area contributed by atoms with Gasteiger partial charge in [0.1, 0.15) is 0 Å². The van der Waals surface area contributed by atoms with Crippen molar-refractivity contribution in [3.05, 3.63) is 58.1 Å². The van der Waals surface area contributed by atoms with Crippen molar-refractivity contribution in [2.24, 2.45) is 0 Å². The fraction of sp³-hybridized carbons (Fsp3) is 0.118. The molecule has 0 unspecified atom stereocenters. The van der Waals surface area contributed by atoms with Gasteiger partial charge in [0.15, 0.2) is 5.82 Å². The summed E-state index contributed by atoms with van der Waals surface area (Å²) < 4.78 is 39.6. The number of anilines is 1. The van der Waals surface area contributed by atoms with Gasteiger partial charge >= 0.3 is 6.18 Å². The Labute approximate surface area is 177 Å². The third kappa shape index (κ3) is 5.14. The highest BCUT2D eigenvalue weighted by Crippen LogP contribution is 2.34. The zero-order chi connectivity index (χ0) is 21.2. The van der Waals surface area contributed by atoms with Gasteiger partial charge in [-0.25, -0.2) is 4.68 Å². The van der Waals surface area contributed by atoms with Gasteiger partial charge in [-0.1, -0.05) is 47.1 Å². The standard InChI is InChI=1S/C17H12Cl2F3N5OS/c18-11-3-1-2-9(6-11)15-25-26-16(27(15)23)29-8-14(28)24-13-7-10(17(20,21)22)4-5-12(13)19/h1-7H,8,23H2,(H,24,28). The Morgan fingerprint density at radius 3 is 2.62 bits per heavy atom. The van der Waals surface area contributed by atoms with E-state index in [0.717, 1.165) is 30.0 Å². The number of nitrogen functional groups attached to an aromatic ring is 1. The van der Waals surface area contributed by atoms with E-state index in [-0.39, 0.29) is 21.6 Å². The Bertz CT molecular complexity index is 1060. The first-order chi connectivity index (χ1) is 13.6. The van der Waals surface area contributed by atoms with E-state index in [1.165, 1.54) is 4.68 Å². The molecule has 29 heavy (non-hydrogen) atoms. The number of benzene rings is 2. The molecule has 2 aromatic carbocycles. The number of carbonyl (C=O) groups excluding carboxylic acids is 1. The van der Waals surface area contributed by atoms with Crippen molar-refractivity contribution in [3.8, 4) is 11.4 Å². The third-order valence-corrected chi connectivity index (χ3v) is 5.16. The minimum atomic E-state index is -4.55. The number of halogens is 5. The Morgan fingerprint density at radius 2 is 1.93 bits per heavy atom. The van der Waals surface area contributed by atoms with Crippen LogP contribution < -0.4 is 11.2 Å². The summed E-state index contributed by atoms with van der Waals surface area (Å²) in [6.07, 6.45) is -4.55. The normalized spacial score (nSPS) is 11.5. The molecule has 0 aliphatic heterocycles. The number of hydrogen-bond acceptors (Lipinski definition) is 5. The van der Waals surface area contributed by atoms with Crippen LogP contribution in [0.2, 0.25) is 10.0 Å². The number of amides is 1. The maximum atomic E-state index is 12.8. The van der Waals surface area contributed by atoms with Crippen molar-refractivity contribution in [2.75, 3.05) is 16.9 Å². The molecule has 0 spiro atoms. The lowest BCUT2D eigenvalue weighted by molar-refractivity contribution is -0.137. The van der Waals surface area contributed by atoms with E-state index in [9.17, 15) is 18.0 Å². The molecule has 0 fully saturated rings. The molecule has 0 aliphatic rings. The van der Waals surface area contributed by atoms with E-state index in [0.29, 0.717) is 16.4 Å². The van der Waals surface area contributed by atoms with Crippen LogP contribution in [-0.2, 0) is 11.0 Å². The fourth-order valence-electron chi connectivity index (χ4n) is 2.31. The minimum absolute atomic E-state index is 0.0124. The van der Waals surface area contributed by atoms with E-state index in [2.05, 4.69) is 15.5 Å². The van der Waals surface area contributed by atoms with Crippen molar-refractivity contribution in [3.63, 3.8) is 0 Å². The molecule has 3 N–H and O–H groups in total. The predicted molar refractivity (Wildman–Crippen MR) is 106 cm³/mol. The van der Waals surface area contributed by atoms with Gasteiger partial charge in [0.25, 0.3) is 0 Å². The second-order valence-corrected chi connectivity index (χ2v) is 7.50. The average Bonchev–Trinajstić information content (AvgIpc) is 3.01. The lowest BCUT2D eigenvalue weighted by atomic mass is 10.2.